The lowest BCUT2D eigenvalue weighted by molar-refractivity contribution is -0.0244. The van der Waals surface area contributed by atoms with Gasteiger partial charge in [0.1, 0.15) is 28.8 Å². The zero-order chi connectivity index (χ0) is 25.8. The first-order valence-electron chi connectivity index (χ1n) is 12.6. The van der Waals surface area contributed by atoms with Gasteiger partial charge >= 0.3 is 12.1 Å². The van der Waals surface area contributed by atoms with Crippen molar-refractivity contribution in [3.63, 3.8) is 0 Å². The number of aryl methyl sites for hydroxylation is 1. The summed E-state index contributed by atoms with van der Waals surface area (Å²) in [5.74, 6) is 0.640. The SMILES string of the molecule is COc1cc(C)c(C(=O)OC2CCC(N(C(=O)OC(C)(C)C)[C@H]3CC[C@@H](O)CC3)CC2)c(OC)c1. The van der Waals surface area contributed by atoms with Crippen molar-refractivity contribution in [2.24, 2.45) is 0 Å². The standard InChI is InChI=1S/C27H41NO7/c1-17-15-22(32-5)16-23(33-6)24(17)25(30)34-21-13-9-19(10-14-21)28(26(31)35-27(2,3)4)18-7-11-20(29)12-8-18/h15-16,18-21,29H,7-14H2,1-6H3/t18-,19?,20+,21?. The average Bonchev–Trinajstić information content (AvgIpc) is 2.79. The van der Waals surface area contributed by atoms with Crippen LogP contribution >= 0.6 is 0 Å². The summed E-state index contributed by atoms with van der Waals surface area (Å²) in [4.78, 5) is 28.1. The van der Waals surface area contributed by atoms with Gasteiger partial charge in [0, 0.05) is 18.2 Å². The minimum atomic E-state index is -0.578. The van der Waals surface area contributed by atoms with E-state index in [-0.39, 0.29) is 30.4 Å². The van der Waals surface area contributed by atoms with Gasteiger partial charge in [0.15, 0.2) is 0 Å². The van der Waals surface area contributed by atoms with Gasteiger partial charge in [0.2, 0.25) is 0 Å². The van der Waals surface area contributed by atoms with Crippen LogP contribution in [0.15, 0.2) is 12.1 Å². The van der Waals surface area contributed by atoms with Crippen molar-refractivity contribution in [3.05, 3.63) is 23.3 Å². The molecular weight excluding hydrogens is 450 g/mol. The average molecular weight is 492 g/mol. The molecule has 1 aromatic rings. The fraction of sp³-hybridized carbons (Fsp3) is 0.704. The van der Waals surface area contributed by atoms with Gasteiger partial charge in [-0.1, -0.05) is 0 Å². The molecule has 0 heterocycles. The first-order valence-corrected chi connectivity index (χ1v) is 12.6. The van der Waals surface area contributed by atoms with E-state index in [0.717, 1.165) is 31.2 Å². The highest BCUT2D eigenvalue weighted by atomic mass is 16.6. The normalized spacial score (nSPS) is 24.9. The van der Waals surface area contributed by atoms with E-state index in [2.05, 4.69) is 0 Å². The molecule has 2 fully saturated rings. The Kier molecular flexibility index (Phi) is 8.91. The molecule has 8 heteroatoms. The molecule has 0 bridgehead atoms. The molecule has 1 amide bonds. The van der Waals surface area contributed by atoms with E-state index in [1.54, 1.807) is 19.2 Å². The fourth-order valence-electron chi connectivity index (χ4n) is 5.16. The number of hydrogen-bond donors (Lipinski definition) is 1. The lowest BCUT2D eigenvalue weighted by Crippen LogP contribution is -2.52. The maximum Gasteiger partial charge on any atom is 0.410 e. The third-order valence-corrected chi connectivity index (χ3v) is 6.91. The molecule has 0 radical (unpaired) electrons. The summed E-state index contributed by atoms with van der Waals surface area (Å²) < 4.78 is 22.3. The van der Waals surface area contributed by atoms with Crippen molar-refractivity contribution < 1.29 is 33.6 Å². The molecule has 0 spiro atoms. The van der Waals surface area contributed by atoms with Crippen LogP contribution in [-0.2, 0) is 9.47 Å². The number of aliphatic hydroxyl groups excluding tert-OH is 1. The highest BCUT2D eigenvalue weighted by molar-refractivity contribution is 5.94. The molecular formula is C27H41NO7. The van der Waals surface area contributed by atoms with Crippen molar-refractivity contribution in [2.45, 2.75) is 109 Å². The molecule has 35 heavy (non-hydrogen) atoms. The third-order valence-electron chi connectivity index (χ3n) is 6.91. The number of aliphatic hydroxyl groups is 1. The van der Waals surface area contributed by atoms with Crippen LogP contribution in [0.25, 0.3) is 0 Å². The molecule has 0 aromatic heterocycles. The maximum atomic E-state index is 13.2. The number of rotatable bonds is 6. The molecule has 2 saturated carbocycles. The van der Waals surface area contributed by atoms with Crippen molar-refractivity contribution >= 4 is 12.1 Å². The van der Waals surface area contributed by atoms with E-state index in [9.17, 15) is 14.7 Å². The summed E-state index contributed by atoms with van der Waals surface area (Å²) in [5, 5.41) is 9.94. The van der Waals surface area contributed by atoms with Crippen molar-refractivity contribution in [1.82, 2.24) is 4.90 Å². The van der Waals surface area contributed by atoms with Gasteiger partial charge < -0.3 is 29.0 Å². The van der Waals surface area contributed by atoms with Crippen LogP contribution < -0.4 is 9.47 Å². The monoisotopic (exact) mass is 491 g/mol. The summed E-state index contributed by atoms with van der Waals surface area (Å²) >= 11 is 0. The molecule has 0 aliphatic heterocycles. The molecule has 0 atom stereocenters. The second-order valence-corrected chi connectivity index (χ2v) is 10.7. The molecule has 1 aromatic carbocycles. The summed E-state index contributed by atoms with van der Waals surface area (Å²) in [7, 11) is 3.09. The van der Waals surface area contributed by atoms with Gasteiger partial charge in [-0.25, -0.2) is 9.59 Å². The van der Waals surface area contributed by atoms with Crippen molar-refractivity contribution in [1.29, 1.82) is 0 Å². The Hall–Kier alpha value is -2.48. The topological polar surface area (TPSA) is 94.5 Å². The van der Waals surface area contributed by atoms with Crippen LogP contribution in [0.4, 0.5) is 4.79 Å². The Morgan fingerprint density at radius 3 is 2.00 bits per heavy atom. The first kappa shape index (κ1) is 27.1. The Bertz CT molecular complexity index is 878. The molecule has 2 aliphatic carbocycles. The van der Waals surface area contributed by atoms with E-state index in [1.165, 1.54) is 7.11 Å². The van der Waals surface area contributed by atoms with E-state index < -0.39 is 11.6 Å². The second kappa shape index (κ2) is 11.5. The number of hydrogen-bond acceptors (Lipinski definition) is 7. The molecule has 196 valence electrons. The number of carbonyl (C=O) groups excluding carboxylic acids is 2. The lowest BCUT2D eigenvalue weighted by Gasteiger charge is -2.43. The quantitative estimate of drug-likeness (QED) is 0.558. The molecule has 0 unspecified atom stereocenters. The zero-order valence-electron chi connectivity index (χ0n) is 22.0. The fourth-order valence-corrected chi connectivity index (χ4v) is 5.16. The molecule has 1 N–H and O–H groups in total. The molecule has 0 saturated heterocycles. The third kappa shape index (κ3) is 7.03. The first-order chi connectivity index (χ1) is 16.5. The number of nitrogens with zero attached hydrogens (tertiary/aromatic N) is 1. The van der Waals surface area contributed by atoms with Crippen LogP contribution in [-0.4, -0.2) is 66.2 Å². The second-order valence-electron chi connectivity index (χ2n) is 10.7. The highest BCUT2D eigenvalue weighted by Gasteiger charge is 2.38. The van der Waals surface area contributed by atoms with Gasteiger partial charge in [-0.05, 0) is 90.7 Å². The van der Waals surface area contributed by atoms with Gasteiger partial charge in [-0.2, -0.15) is 0 Å². The predicted molar refractivity (Wildman–Crippen MR) is 132 cm³/mol. The van der Waals surface area contributed by atoms with Crippen LogP contribution in [0.1, 0.15) is 88.1 Å². The van der Waals surface area contributed by atoms with E-state index in [1.807, 2.05) is 32.6 Å². The minimum Gasteiger partial charge on any atom is -0.497 e. The van der Waals surface area contributed by atoms with Gasteiger partial charge in [-0.15, -0.1) is 0 Å². The van der Waals surface area contributed by atoms with Crippen molar-refractivity contribution in [2.75, 3.05) is 14.2 Å². The smallest absolute Gasteiger partial charge is 0.410 e. The highest BCUT2D eigenvalue weighted by Crippen LogP contribution is 2.34. The predicted octanol–water partition coefficient (Wildman–Crippen LogP) is 5.02. The van der Waals surface area contributed by atoms with E-state index in [4.69, 9.17) is 18.9 Å². The van der Waals surface area contributed by atoms with Crippen LogP contribution in [0, 0.1) is 6.92 Å². The molecule has 3 rings (SSSR count). The largest absolute Gasteiger partial charge is 0.497 e. The van der Waals surface area contributed by atoms with Crippen LogP contribution in [0.3, 0.4) is 0 Å². The Morgan fingerprint density at radius 2 is 1.49 bits per heavy atom. The summed E-state index contributed by atoms with van der Waals surface area (Å²) in [6.07, 6.45) is 4.92. The number of carbonyl (C=O) groups is 2. The van der Waals surface area contributed by atoms with Gasteiger partial charge in [0.05, 0.1) is 20.3 Å². The van der Waals surface area contributed by atoms with E-state index >= 15 is 0 Å². The Labute approximate surface area is 208 Å². The number of esters is 1. The maximum absolute atomic E-state index is 13.2. The van der Waals surface area contributed by atoms with Crippen molar-refractivity contribution in [3.8, 4) is 11.5 Å². The van der Waals surface area contributed by atoms with Gasteiger partial charge in [-0.3, -0.25) is 0 Å². The van der Waals surface area contributed by atoms with Crippen LogP contribution in [0.2, 0.25) is 0 Å². The zero-order valence-corrected chi connectivity index (χ0v) is 22.0. The summed E-state index contributed by atoms with van der Waals surface area (Å²) in [5.41, 5.74) is 0.563. The Balaban J connectivity index is 1.66. The summed E-state index contributed by atoms with van der Waals surface area (Å²) in [6.45, 7) is 7.46. The van der Waals surface area contributed by atoms with E-state index in [0.29, 0.717) is 42.7 Å². The minimum absolute atomic E-state index is 0.0253. The summed E-state index contributed by atoms with van der Waals surface area (Å²) in [6, 6.07) is 3.55. The number of ether oxygens (including phenoxy) is 4. The number of amides is 1. The van der Waals surface area contributed by atoms with Crippen LogP contribution in [0.5, 0.6) is 11.5 Å². The van der Waals surface area contributed by atoms with Gasteiger partial charge in [0.25, 0.3) is 0 Å². The molecule has 2 aliphatic rings. The lowest BCUT2D eigenvalue weighted by atomic mass is 9.87. The number of methoxy groups -OCH3 is 2. The number of benzene rings is 1. The molecule has 8 nitrogen and oxygen atoms in total. The Morgan fingerprint density at radius 1 is 0.914 bits per heavy atom.